The average Bonchev–Trinajstić information content (AvgIpc) is 3.76. The molecule has 0 aromatic heterocycles. The zero-order valence-electron chi connectivity index (χ0n) is 30.3. The van der Waals surface area contributed by atoms with Crippen LogP contribution >= 0.6 is 47.0 Å². The Morgan fingerprint density at radius 3 is 0.720 bits per heavy atom. The third-order valence-corrected chi connectivity index (χ3v) is 18.2. The van der Waals surface area contributed by atoms with Crippen molar-refractivity contribution in [3.05, 3.63) is 153 Å². The van der Waals surface area contributed by atoms with Crippen LogP contribution in [0.4, 0.5) is 0 Å². The summed E-state index contributed by atoms with van der Waals surface area (Å²) in [5.41, 5.74) is 14.5. The van der Waals surface area contributed by atoms with Crippen molar-refractivity contribution in [2.75, 3.05) is 0 Å². The van der Waals surface area contributed by atoms with E-state index in [2.05, 4.69) is 199 Å². The number of hydrogen-bond acceptors (Lipinski definition) is 4. The van der Waals surface area contributed by atoms with E-state index in [1.807, 2.05) is 0 Å². The zero-order chi connectivity index (χ0) is 34.7. The van der Waals surface area contributed by atoms with Crippen molar-refractivity contribution in [2.45, 2.75) is 119 Å². The summed E-state index contributed by atoms with van der Waals surface area (Å²) < 4.78 is 0.552. The Bertz CT molecular complexity index is 1830. The molecule has 5 aromatic rings. The van der Waals surface area contributed by atoms with Gasteiger partial charge in [-0.15, -0.1) is 47.0 Å². The fraction of sp³-hybridized carbons (Fsp3) is 0.348. The van der Waals surface area contributed by atoms with Crippen LogP contribution in [0, 0.1) is 0 Å². The summed E-state index contributed by atoms with van der Waals surface area (Å²) in [6.07, 6.45) is 0. The molecule has 0 spiro atoms. The number of fused-ring (bicyclic) bond motifs is 2. The van der Waals surface area contributed by atoms with Crippen LogP contribution < -0.4 is 0 Å². The van der Waals surface area contributed by atoms with Gasteiger partial charge in [-0.05, 0) is 79.3 Å². The maximum Gasteiger partial charge on any atom is 0.0775 e. The van der Waals surface area contributed by atoms with Gasteiger partial charge in [0.25, 0.3) is 0 Å². The van der Waals surface area contributed by atoms with Gasteiger partial charge in [0, 0.05) is 19.6 Å². The smallest absolute Gasteiger partial charge is 0.0775 e. The molecule has 0 radical (unpaired) electrons. The molecule has 0 amide bonds. The normalized spacial score (nSPS) is 22.0. The van der Waals surface area contributed by atoms with Crippen molar-refractivity contribution in [2.24, 2.45) is 0 Å². The second-order valence-corrected chi connectivity index (χ2v) is 20.9. The number of thioether (sulfide) groups is 4. The van der Waals surface area contributed by atoms with Gasteiger partial charge >= 0.3 is 0 Å². The molecule has 0 atom stereocenters. The minimum atomic E-state index is -0.282. The summed E-state index contributed by atoms with van der Waals surface area (Å²) >= 11 is 8.61. The molecule has 0 fully saturated rings. The maximum absolute atomic E-state index is 2.50. The summed E-state index contributed by atoms with van der Waals surface area (Å²) in [5.74, 6) is 1.93. The highest BCUT2D eigenvalue weighted by atomic mass is 32.2. The lowest BCUT2D eigenvalue weighted by Crippen LogP contribution is -2.56. The number of rotatable bonds is 6. The first-order valence-corrected chi connectivity index (χ1v) is 21.9. The molecule has 2 heterocycles. The summed E-state index contributed by atoms with van der Waals surface area (Å²) in [6.45, 7) is 18.9. The van der Waals surface area contributed by atoms with Crippen molar-refractivity contribution < 1.29 is 0 Å². The van der Waals surface area contributed by atoms with Crippen LogP contribution in [0.25, 0.3) is 0 Å². The Kier molecular flexibility index (Phi) is 8.01. The predicted molar refractivity (Wildman–Crippen MR) is 219 cm³/mol. The van der Waals surface area contributed by atoms with Gasteiger partial charge in [0.05, 0.1) is 20.0 Å². The van der Waals surface area contributed by atoms with Crippen LogP contribution in [0.2, 0.25) is 0 Å². The molecule has 2 aliphatic heterocycles. The van der Waals surface area contributed by atoms with Crippen LogP contribution in [-0.4, -0.2) is 9.16 Å². The lowest BCUT2D eigenvalue weighted by molar-refractivity contribution is 0.503. The lowest BCUT2D eigenvalue weighted by atomic mass is 9.48. The van der Waals surface area contributed by atoms with Gasteiger partial charge < -0.3 is 0 Å². The molecule has 0 nitrogen and oxygen atoms in total. The monoisotopic (exact) mass is 726 g/mol. The highest BCUT2D eigenvalue weighted by Crippen LogP contribution is 2.74. The van der Waals surface area contributed by atoms with E-state index in [9.17, 15) is 0 Å². The summed E-state index contributed by atoms with van der Waals surface area (Å²) in [4.78, 5) is 6.07. The van der Waals surface area contributed by atoms with Crippen molar-refractivity contribution in [1.82, 2.24) is 0 Å². The average molecular weight is 727 g/mol. The molecular formula is C46H46S4. The molecule has 0 N–H and O–H groups in total. The van der Waals surface area contributed by atoms with E-state index >= 15 is 0 Å². The quantitative estimate of drug-likeness (QED) is 0.171. The second kappa shape index (κ2) is 12.0. The molecule has 10 rings (SSSR count). The molecule has 254 valence electrons. The molecular weight excluding hydrogens is 681 g/mol. The SMILES string of the molecule is CC(C)c1ccc(C(C)C)c2c1SC(C13c4ccccc4C(C4Sc5c(C(C)C)ccc(C(C)C)c5S4)(c4ccccc41)c1ccccc13)S2. The summed E-state index contributed by atoms with van der Waals surface area (Å²) in [5, 5.41) is 0. The first-order chi connectivity index (χ1) is 24.1. The molecule has 50 heavy (non-hydrogen) atoms. The topological polar surface area (TPSA) is 0 Å². The van der Waals surface area contributed by atoms with Crippen molar-refractivity contribution in [3.63, 3.8) is 0 Å². The van der Waals surface area contributed by atoms with Gasteiger partial charge in [0.2, 0.25) is 0 Å². The number of benzene rings is 5. The molecule has 0 saturated carbocycles. The molecule has 3 aliphatic carbocycles. The van der Waals surface area contributed by atoms with Crippen LogP contribution in [0.3, 0.4) is 0 Å². The lowest BCUT2D eigenvalue weighted by Gasteiger charge is -2.59. The molecule has 4 heteroatoms. The molecule has 0 unspecified atom stereocenters. The summed E-state index contributed by atoms with van der Waals surface area (Å²) in [7, 11) is 0. The first-order valence-electron chi connectivity index (χ1n) is 18.4. The van der Waals surface area contributed by atoms with E-state index in [-0.39, 0.29) is 20.0 Å². The van der Waals surface area contributed by atoms with E-state index in [1.165, 1.54) is 75.2 Å². The third kappa shape index (κ3) is 4.32. The Morgan fingerprint density at radius 1 is 0.340 bits per heavy atom. The Balaban J connectivity index is 1.31. The van der Waals surface area contributed by atoms with Gasteiger partial charge in [-0.2, -0.15) is 0 Å². The van der Waals surface area contributed by atoms with Crippen molar-refractivity contribution in [3.8, 4) is 0 Å². The number of hydrogen-bond donors (Lipinski definition) is 0. The van der Waals surface area contributed by atoms with Crippen LogP contribution in [0.1, 0.15) is 135 Å². The highest BCUT2D eigenvalue weighted by Gasteiger charge is 2.65. The Morgan fingerprint density at radius 2 is 0.540 bits per heavy atom. The van der Waals surface area contributed by atoms with Crippen molar-refractivity contribution >= 4 is 47.0 Å². The van der Waals surface area contributed by atoms with Gasteiger partial charge in [-0.3, -0.25) is 0 Å². The molecule has 0 saturated heterocycles. The van der Waals surface area contributed by atoms with Crippen LogP contribution in [-0.2, 0) is 10.8 Å². The van der Waals surface area contributed by atoms with Gasteiger partial charge in [0.1, 0.15) is 0 Å². The van der Waals surface area contributed by atoms with E-state index in [0.717, 1.165) is 0 Å². The van der Waals surface area contributed by atoms with E-state index < -0.39 is 0 Å². The van der Waals surface area contributed by atoms with E-state index in [0.29, 0.717) is 23.7 Å². The van der Waals surface area contributed by atoms with E-state index in [1.54, 1.807) is 0 Å². The van der Waals surface area contributed by atoms with Crippen LogP contribution in [0.15, 0.2) is 117 Å². The van der Waals surface area contributed by atoms with E-state index in [4.69, 9.17) is 0 Å². The molecule has 5 aromatic carbocycles. The standard InChI is InChI=1S/C46H46S4/c1-25(2)29-21-22-30(26(3)4)40-39(29)47-43(48-40)45-33-15-9-12-18-36(33)46(37-19-13-10-16-34(37)45,38-20-14-11-17-35(38)45)44-49-41-31(27(5)6)23-24-32(28(7)8)42(41)50-44/h9-28,43-44H,1-8H3. The zero-order valence-corrected chi connectivity index (χ0v) is 33.6. The third-order valence-electron chi connectivity index (χ3n) is 11.8. The second-order valence-electron chi connectivity index (χ2n) is 15.8. The van der Waals surface area contributed by atoms with Crippen molar-refractivity contribution in [1.29, 1.82) is 0 Å². The van der Waals surface area contributed by atoms with Crippen LogP contribution in [0.5, 0.6) is 0 Å². The fourth-order valence-electron chi connectivity index (χ4n) is 9.47. The largest absolute Gasteiger partial charge is 0.108 e. The minimum Gasteiger partial charge on any atom is -0.108 e. The van der Waals surface area contributed by atoms with Gasteiger partial charge in [0.15, 0.2) is 0 Å². The minimum absolute atomic E-state index is 0.276. The Labute approximate surface area is 316 Å². The predicted octanol–water partition coefficient (Wildman–Crippen LogP) is 13.9. The highest BCUT2D eigenvalue weighted by molar-refractivity contribution is 8.20. The fourth-order valence-corrected chi connectivity index (χ4v) is 17.3. The van der Waals surface area contributed by atoms with Gasteiger partial charge in [-0.1, -0.05) is 152 Å². The molecule has 5 aliphatic rings. The summed E-state index contributed by atoms with van der Waals surface area (Å²) in [6, 6.07) is 38.6. The molecule has 2 bridgehead atoms. The maximum atomic E-state index is 2.50. The van der Waals surface area contributed by atoms with Gasteiger partial charge in [-0.25, -0.2) is 0 Å². The Hall–Kier alpha value is -2.50. The first kappa shape index (κ1) is 33.3.